The van der Waals surface area contributed by atoms with Crippen LogP contribution >= 0.6 is 11.6 Å². The number of benzene rings is 1. The lowest BCUT2D eigenvalue weighted by Crippen LogP contribution is -2.21. The molecule has 20 heavy (non-hydrogen) atoms. The van der Waals surface area contributed by atoms with Crippen molar-refractivity contribution in [3.05, 3.63) is 28.3 Å². The normalized spacial score (nSPS) is 14.1. The van der Waals surface area contributed by atoms with Crippen LogP contribution in [0.3, 0.4) is 0 Å². The summed E-state index contributed by atoms with van der Waals surface area (Å²) in [5.74, 6) is 0.794. The van der Waals surface area contributed by atoms with Crippen molar-refractivity contribution in [3.8, 4) is 17.6 Å². The van der Waals surface area contributed by atoms with E-state index in [9.17, 15) is 4.79 Å². The molecule has 0 radical (unpaired) electrons. The Labute approximate surface area is 122 Å². The maximum atomic E-state index is 12.1. The van der Waals surface area contributed by atoms with Crippen LogP contribution in [0, 0.1) is 16.7 Å². The molecule has 1 aromatic rings. The van der Waals surface area contributed by atoms with E-state index in [1.165, 1.54) is 6.08 Å². The number of nitrogens with zero attached hydrogens (tertiary/aromatic N) is 1. The third-order valence-corrected chi connectivity index (χ3v) is 3.09. The highest BCUT2D eigenvalue weighted by Crippen LogP contribution is 2.40. The monoisotopic (exact) mass is 291 g/mol. The molecule has 0 amide bonds. The first kappa shape index (κ1) is 14.4. The molecule has 0 spiro atoms. The second-order valence-electron chi connectivity index (χ2n) is 5.49. The van der Waals surface area contributed by atoms with Crippen molar-refractivity contribution in [2.75, 3.05) is 6.79 Å². The van der Waals surface area contributed by atoms with Crippen molar-refractivity contribution in [3.63, 3.8) is 0 Å². The van der Waals surface area contributed by atoms with Crippen molar-refractivity contribution in [1.29, 1.82) is 5.26 Å². The van der Waals surface area contributed by atoms with Crippen molar-refractivity contribution in [2.24, 2.45) is 5.41 Å². The Bertz CT molecular complexity index is 636. The van der Waals surface area contributed by atoms with Gasteiger partial charge in [0, 0.05) is 5.41 Å². The van der Waals surface area contributed by atoms with Gasteiger partial charge in [-0.25, -0.2) is 0 Å². The quantitative estimate of drug-likeness (QED) is 0.617. The van der Waals surface area contributed by atoms with E-state index in [0.29, 0.717) is 22.1 Å². The van der Waals surface area contributed by atoms with Crippen LogP contribution in [-0.2, 0) is 4.79 Å². The first-order valence-corrected chi connectivity index (χ1v) is 6.46. The molecule has 1 aliphatic heterocycles. The topological polar surface area (TPSA) is 59.3 Å². The van der Waals surface area contributed by atoms with E-state index in [2.05, 4.69) is 0 Å². The summed E-state index contributed by atoms with van der Waals surface area (Å²) in [7, 11) is 0. The minimum Gasteiger partial charge on any atom is -0.454 e. The summed E-state index contributed by atoms with van der Waals surface area (Å²) in [6.07, 6.45) is 1.52. The van der Waals surface area contributed by atoms with Crippen LogP contribution in [0.1, 0.15) is 26.3 Å². The predicted molar refractivity (Wildman–Crippen MR) is 75.6 cm³/mol. The zero-order valence-electron chi connectivity index (χ0n) is 11.5. The van der Waals surface area contributed by atoms with Gasteiger partial charge in [0.2, 0.25) is 6.79 Å². The SMILES string of the molecule is CC(C)(C)C(=O)/C(C#N)=C/c1cc(Cl)c2c(c1)OCO2. The number of Topliss-reactive ketones (excluding diaryl/α,β-unsaturated/α-hetero) is 1. The average Bonchev–Trinajstić information content (AvgIpc) is 2.82. The summed E-state index contributed by atoms with van der Waals surface area (Å²) in [6.45, 7) is 5.43. The molecular weight excluding hydrogens is 278 g/mol. The number of carbonyl (C=O) groups excluding carboxylic acids is 1. The van der Waals surface area contributed by atoms with Crippen LogP contribution in [0.2, 0.25) is 5.02 Å². The van der Waals surface area contributed by atoms with E-state index in [0.717, 1.165) is 0 Å². The second-order valence-corrected chi connectivity index (χ2v) is 5.89. The van der Waals surface area contributed by atoms with E-state index >= 15 is 0 Å². The molecular formula is C15H14ClNO3. The van der Waals surface area contributed by atoms with Crippen LogP contribution in [0.4, 0.5) is 0 Å². The molecule has 2 rings (SSSR count). The third kappa shape index (κ3) is 2.78. The molecule has 0 atom stereocenters. The molecule has 0 fully saturated rings. The van der Waals surface area contributed by atoms with Gasteiger partial charge in [0.15, 0.2) is 17.3 Å². The Hall–Kier alpha value is -1.99. The molecule has 0 N–H and O–H groups in total. The Kier molecular flexibility index (Phi) is 3.74. The summed E-state index contributed by atoms with van der Waals surface area (Å²) in [5, 5.41) is 9.55. The summed E-state index contributed by atoms with van der Waals surface area (Å²) >= 11 is 6.07. The smallest absolute Gasteiger partial charge is 0.231 e. The molecule has 0 saturated heterocycles. The van der Waals surface area contributed by atoms with Gasteiger partial charge >= 0.3 is 0 Å². The van der Waals surface area contributed by atoms with Gasteiger partial charge in [0.25, 0.3) is 0 Å². The molecule has 0 aromatic heterocycles. The molecule has 104 valence electrons. The molecule has 1 heterocycles. The highest BCUT2D eigenvalue weighted by atomic mass is 35.5. The summed E-state index contributed by atoms with van der Waals surface area (Å²) < 4.78 is 10.5. The number of ketones is 1. The summed E-state index contributed by atoms with van der Waals surface area (Å²) in [5.41, 5.74) is 0.114. The number of nitriles is 1. The summed E-state index contributed by atoms with van der Waals surface area (Å²) in [6, 6.07) is 5.28. The van der Waals surface area contributed by atoms with E-state index in [4.69, 9.17) is 26.3 Å². The van der Waals surface area contributed by atoms with E-state index in [1.807, 2.05) is 6.07 Å². The van der Waals surface area contributed by atoms with Crippen LogP contribution in [0.5, 0.6) is 11.5 Å². The number of hydrogen-bond acceptors (Lipinski definition) is 4. The van der Waals surface area contributed by atoms with Gasteiger partial charge in [-0.2, -0.15) is 5.26 Å². The van der Waals surface area contributed by atoms with Crippen molar-refractivity contribution < 1.29 is 14.3 Å². The minimum absolute atomic E-state index is 0.0902. The maximum Gasteiger partial charge on any atom is 0.231 e. The lowest BCUT2D eigenvalue weighted by molar-refractivity contribution is -0.121. The Balaban J connectivity index is 2.42. The number of carbonyl (C=O) groups is 1. The van der Waals surface area contributed by atoms with Crippen molar-refractivity contribution in [2.45, 2.75) is 20.8 Å². The maximum absolute atomic E-state index is 12.1. The number of halogens is 1. The lowest BCUT2D eigenvalue weighted by Gasteiger charge is -2.15. The molecule has 4 nitrogen and oxygen atoms in total. The third-order valence-electron chi connectivity index (χ3n) is 2.81. The fraction of sp³-hybridized carbons (Fsp3) is 0.333. The summed E-state index contributed by atoms with van der Waals surface area (Å²) in [4.78, 5) is 12.1. The minimum atomic E-state index is -0.609. The van der Waals surface area contributed by atoms with Crippen LogP contribution < -0.4 is 9.47 Å². The number of ether oxygens (including phenoxy) is 2. The van der Waals surface area contributed by atoms with E-state index in [1.54, 1.807) is 32.9 Å². The van der Waals surface area contributed by atoms with Crippen LogP contribution in [0.25, 0.3) is 6.08 Å². The highest BCUT2D eigenvalue weighted by Gasteiger charge is 2.25. The fourth-order valence-corrected chi connectivity index (χ4v) is 2.06. The molecule has 0 aliphatic carbocycles. The second kappa shape index (κ2) is 5.18. The highest BCUT2D eigenvalue weighted by molar-refractivity contribution is 6.32. The number of hydrogen-bond donors (Lipinski definition) is 0. The van der Waals surface area contributed by atoms with Gasteiger partial charge in [0.05, 0.1) is 10.6 Å². The first-order valence-electron chi connectivity index (χ1n) is 6.08. The lowest BCUT2D eigenvalue weighted by atomic mass is 9.86. The Morgan fingerprint density at radius 2 is 2.10 bits per heavy atom. The molecule has 0 saturated carbocycles. The van der Waals surface area contributed by atoms with Gasteiger partial charge < -0.3 is 9.47 Å². The molecule has 5 heteroatoms. The first-order chi connectivity index (χ1) is 9.32. The van der Waals surface area contributed by atoms with Gasteiger partial charge in [-0.05, 0) is 23.8 Å². The average molecular weight is 292 g/mol. The van der Waals surface area contributed by atoms with Gasteiger partial charge in [-0.3, -0.25) is 4.79 Å². The van der Waals surface area contributed by atoms with Gasteiger partial charge in [0.1, 0.15) is 6.07 Å². The molecule has 1 aromatic carbocycles. The Morgan fingerprint density at radius 1 is 1.40 bits per heavy atom. The van der Waals surface area contributed by atoms with E-state index in [-0.39, 0.29) is 18.1 Å². The molecule has 0 unspecified atom stereocenters. The molecule has 0 bridgehead atoms. The predicted octanol–water partition coefficient (Wildman–Crippen LogP) is 3.59. The zero-order valence-corrected chi connectivity index (χ0v) is 12.2. The number of allylic oxidation sites excluding steroid dienone is 1. The van der Waals surface area contributed by atoms with Crippen LogP contribution in [-0.4, -0.2) is 12.6 Å². The van der Waals surface area contributed by atoms with Crippen LogP contribution in [0.15, 0.2) is 17.7 Å². The van der Waals surface area contributed by atoms with E-state index < -0.39 is 5.41 Å². The van der Waals surface area contributed by atoms with Crippen molar-refractivity contribution in [1.82, 2.24) is 0 Å². The number of rotatable bonds is 2. The zero-order chi connectivity index (χ0) is 14.9. The Morgan fingerprint density at radius 3 is 2.70 bits per heavy atom. The van der Waals surface area contributed by atoms with Gasteiger partial charge in [-0.15, -0.1) is 0 Å². The standard InChI is InChI=1S/C15H14ClNO3/c1-15(2,3)14(18)10(7-17)4-9-5-11(16)13-12(6-9)19-8-20-13/h4-6H,8H2,1-3H3/b10-4+. The fourth-order valence-electron chi connectivity index (χ4n) is 1.79. The largest absolute Gasteiger partial charge is 0.454 e. The van der Waals surface area contributed by atoms with Crippen molar-refractivity contribution >= 4 is 23.5 Å². The van der Waals surface area contributed by atoms with Gasteiger partial charge in [-0.1, -0.05) is 32.4 Å². The number of fused-ring (bicyclic) bond motifs is 1. The molecule has 1 aliphatic rings.